The van der Waals surface area contributed by atoms with Crippen molar-refractivity contribution in [1.29, 1.82) is 0 Å². The van der Waals surface area contributed by atoms with E-state index in [0.29, 0.717) is 21.5 Å². The second-order valence-corrected chi connectivity index (χ2v) is 7.79. The fourth-order valence-corrected chi connectivity index (χ4v) is 3.69. The third kappa shape index (κ3) is 4.53. The zero-order valence-electron chi connectivity index (χ0n) is 17.6. The van der Waals surface area contributed by atoms with Gasteiger partial charge in [0.05, 0.1) is 12.3 Å². The molecule has 2 N–H and O–H groups in total. The maximum absolute atomic E-state index is 13.2. The zero-order chi connectivity index (χ0) is 24.4. The van der Waals surface area contributed by atoms with Crippen molar-refractivity contribution in [2.45, 2.75) is 6.92 Å². The molecule has 0 saturated carbocycles. The van der Waals surface area contributed by atoms with Crippen molar-refractivity contribution in [3.63, 3.8) is 0 Å². The molecule has 2 aliphatic rings. The summed E-state index contributed by atoms with van der Waals surface area (Å²) in [7, 11) is 0. The molecule has 1 fully saturated rings. The average Bonchev–Trinajstić information content (AvgIpc) is 3.25. The Kier molecular flexibility index (Phi) is 6.41. The lowest BCUT2D eigenvalue weighted by atomic mass is 10.1. The third-order valence-electron chi connectivity index (χ3n) is 4.73. The number of anilines is 1. The number of carboxylic acid groups (broad SMARTS) is 1. The maximum Gasteiger partial charge on any atom is 0.341 e. The van der Waals surface area contributed by atoms with Crippen LogP contribution in [0.1, 0.15) is 12.5 Å². The number of aliphatic carboxylic acids is 1. The number of hydrogen-bond acceptors (Lipinski definition) is 8. The number of ether oxygens (including phenoxy) is 4. The molecule has 34 heavy (non-hydrogen) atoms. The zero-order valence-corrected chi connectivity index (χ0v) is 19.2. The lowest BCUT2D eigenvalue weighted by molar-refractivity contribution is -0.139. The number of carbonyl (C=O) groups excluding carboxylic acids is 3. The largest absolute Gasteiger partial charge is 0.490 e. The van der Waals surface area contributed by atoms with E-state index in [-0.39, 0.29) is 36.2 Å². The molecule has 0 radical (unpaired) electrons. The molecule has 4 rings (SSSR count). The fraction of sp³-hybridized carbons (Fsp3) is 0.182. The van der Waals surface area contributed by atoms with E-state index in [1.165, 1.54) is 30.3 Å². The topological polar surface area (TPSA) is 141 Å². The Balaban J connectivity index is 1.70. The van der Waals surface area contributed by atoms with Crippen LogP contribution in [-0.2, 0) is 14.4 Å². The van der Waals surface area contributed by atoms with E-state index >= 15 is 0 Å². The van der Waals surface area contributed by atoms with Crippen molar-refractivity contribution in [2.75, 3.05) is 24.9 Å². The van der Waals surface area contributed by atoms with E-state index < -0.39 is 30.4 Å². The van der Waals surface area contributed by atoms with Crippen molar-refractivity contribution in [1.82, 2.24) is 5.32 Å². The Morgan fingerprint density at radius 3 is 2.62 bits per heavy atom. The highest BCUT2D eigenvalue weighted by Gasteiger charge is 2.37. The molecule has 4 amide bonds. The van der Waals surface area contributed by atoms with Crippen molar-refractivity contribution in [3.8, 4) is 23.0 Å². The quantitative estimate of drug-likeness (QED) is 0.406. The Labute approximate surface area is 201 Å². The maximum atomic E-state index is 13.2. The number of hydrogen-bond donors (Lipinski definition) is 2. The van der Waals surface area contributed by atoms with Crippen molar-refractivity contribution >= 4 is 51.5 Å². The molecule has 2 aromatic carbocycles. The van der Waals surface area contributed by atoms with E-state index in [9.17, 15) is 19.2 Å². The van der Waals surface area contributed by atoms with Crippen LogP contribution in [0, 0.1) is 0 Å². The second-order valence-electron chi connectivity index (χ2n) is 6.93. The number of imide groups is 2. The predicted molar refractivity (Wildman–Crippen MR) is 120 cm³/mol. The highest BCUT2D eigenvalue weighted by molar-refractivity contribution is 9.10. The molecule has 11 nitrogen and oxygen atoms in total. The molecule has 0 spiro atoms. The van der Waals surface area contributed by atoms with Gasteiger partial charge in [0.2, 0.25) is 6.79 Å². The van der Waals surface area contributed by atoms with Crippen molar-refractivity contribution in [2.24, 2.45) is 0 Å². The summed E-state index contributed by atoms with van der Waals surface area (Å²) >= 11 is 3.33. The standard InChI is InChI=1S/C22H17BrN2O9/c1-2-31-16-6-11(14(23)8-18(16)32-9-19(26)27)5-13-20(28)24-22(30)25(21(13)29)12-3-4-15-17(7-12)34-10-33-15/h3-8H,2,9-10H2,1H3,(H,26,27)(H,24,28,30)/b13-5+. The second kappa shape index (κ2) is 9.43. The van der Waals surface area contributed by atoms with Gasteiger partial charge in [-0.15, -0.1) is 0 Å². The monoisotopic (exact) mass is 532 g/mol. The number of nitrogens with one attached hydrogen (secondary N) is 1. The van der Waals surface area contributed by atoms with Gasteiger partial charge in [-0.3, -0.25) is 14.9 Å². The Morgan fingerprint density at radius 2 is 1.88 bits per heavy atom. The van der Waals surface area contributed by atoms with Gasteiger partial charge in [0.25, 0.3) is 11.8 Å². The molecule has 2 aromatic rings. The van der Waals surface area contributed by atoms with Gasteiger partial charge in [-0.1, -0.05) is 15.9 Å². The van der Waals surface area contributed by atoms with Crippen LogP contribution in [-0.4, -0.2) is 48.9 Å². The molecular weight excluding hydrogens is 516 g/mol. The Bertz CT molecular complexity index is 1240. The fourth-order valence-electron chi connectivity index (χ4n) is 3.25. The smallest absolute Gasteiger partial charge is 0.341 e. The van der Waals surface area contributed by atoms with E-state index in [4.69, 9.17) is 24.1 Å². The van der Waals surface area contributed by atoms with Gasteiger partial charge in [0, 0.05) is 10.5 Å². The van der Waals surface area contributed by atoms with Gasteiger partial charge >= 0.3 is 12.0 Å². The molecule has 0 aromatic heterocycles. The van der Waals surface area contributed by atoms with Gasteiger partial charge in [-0.05, 0) is 42.8 Å². The third-order valence-corrected chi connectivity index (χ3v) is 5.42. The van der Waals surface area contributed by atoms with E-state index in [0.717, 1.165) is 4.90 Å². The molecule has 2 heterocycles. The first-order valence-corrected chi connectivity index (χ1v) is 10.7. The van der Waals surface area contributed by atoms with Gasteiger partial charge in [-0.25, -0.2) is 14.5 Å². The molecular formula is C22H17BrN2O9. The first kappa shape index (κ1) is 23.1. The van der Waals surface area contributed by atoms with E-state index in [1.54, 1.807) is 13.0 Å². The number of nitrogens with zero attached hydrogens (tertiary/aromatic N) is 1. The summed E-state index contributed by atoms with van der Waals surface area (Å²) in [6, 6.07) is 6.56. The van der Waals surface area contributed by atoms with Crippen LogP contribution in [0.5, 0.6) is 23.0 Å². The van der Waals surface area contributed by atoms with Crippen LogP contribution in [0.4, 0.5) is 10.5 Å². The van der Waals surface area contributed by atoms with E-state index in [1.807, 2.05) is 0 Å². The summed E-state index contributed by atoms with van der Waals surface area (Å²) in [6.07, 6.45) is 1.29. The minimum Gasteiger partial charge on any atom is -0.490 e. The molecule has 176 valence electrons. The molecule has 0 aliphatic carbocycles. The number of carboxylic acids is 1. The van der Waals surface area contributed by atoms with Crippen LogP contribution in [0.3, 0.4) is 0 Å². The molecule has 0 bridgehead atoms. The number of urea groups is 1. The van der Waals surface area contributed by atoms with Crippen LogP contribution < -0.4 is 29.2 Å². The first-order valence-electron chi connectivity index (χ1n) is 9.90. The summed E-state index contributed by atoms with van der Waals surface area (Å²) < 4.78 is 21.7. The molecule has 2 aliphatic heterocycles. The van der Waals surface area contributed by atoms with E-state index in [2.05, 4.69) is 21.2 Å². The number of halogens is 1. The van der Waals surface area contributed by atoms with Crippen molar-refractivity contribution in [3.05, 3.63) is 45.9 Å². The summed E-state index contributed by atoms with van der Waals surface area (Å²) in [4.78, 5) is 49.8. The highest BCUT2D eigenvalue weighted by Crippen LogP contribution is 2.38. The van der Waals surface area contributed by atoms with Crippen molar-refractivity contribution < 1.29 is 43.2 Å². The van der Waals surface area contributed by atoms with Crippen LogP contribution in [0.2, 0.25) is 0 Å². The lowest BCUT2D eigenvalue weighted by Gasteiger charge is -2.26. The number of amides is 4. The van der Waals surface area contributed by atoms with Crippen LogP contribution >= 0.6 is 15.9 Å². The Morgan fingerprint density at radius 1 is 1.15 bits per heavy atom. The predicted octanol–water partition coefficient (Wildman–Crippen LogP) is 2.71. The summed E-state index contributed by atoms with van der Waals surface area (Å²) in [5.74, 6) is -1.67. The summed E-state index contributed by atoms with van der Waals surface area (Å²) in [5, 5.41) is 11.0. The van der Waals surface area contributed by atoms with Crippen LogP contribution in [0.15, 0.2) is 40.4 Å². The van der Waals surface area contributed by atoms with Gasteiger partial charge in [0.1, 0.15) is 5.57 Å². The minimum atomic E-state index is -1.16. The minimum absolute atomic E-state index is 0.0188. The molecule has 0 unspecified atom stereocenters. The first-order chi connectivity index (χ1) is 16.3. The number of barbiturate groups is 1. The number of carbonyl (C=O) groups is 4. The average molecular weight is 533 g/mol. The lowest BCUT2D eigenvalue weighted by Crippen LogP contribution is -2.54. The Hall–Kier alpha value is -4.06. The number of fused-ring (bicyclic) bond motifs is 1. The van der Waals surface area contributed by atoms with Gasteiger partial charge in [-0.2, -0.15) is 0 Å². The molecule has 1 saturated heterocycles. The number of rotatable bonds is 7. The van der Waals surface area contributed by atoms with Crippen LogP contribution in [0.25, 0.3) is 6.08 Å². The highest BCUT2D eigenvalue weighted by atomic mass is 79.9. The normalized spacial score (nSPS) is 16.0. The number of benzene rings is 2. The summed E-state index contributed by atoms with van der Waals surface area (Å²) in [5.41, 5.74) is 0.251. The van der Waals surface area contributed by atoms with Gasteiger partial charge < -0.3 is 24.1 Å². The molecule has 12 heteroatoms. The van der Waals surface area contributed by atoms with Gasteiger partial charge in [0.15, 0.2) is 29.6 Å². The summed E-state index contributed by atoms with van der Waals surface area (Å²) in [6.45, 7) is 1.42. The SMILES string of the molecule is CCOc1cc(/C=C2\C(=O)NC(=O)N(c3ccc4c(c3)OCO4)C2=O)c(Br)cc1OCC(=O)O. The molecule has 0 atom stereocenters.